The topological polar surface area (TPSA) is 59.6 Å². The Balaban J connectivity index is 1.71. The molecule has 2 aromatic carbocycles. The minimum Gasteiger partial charge on any atom is -0.495 e. The molecule has 27 heavy (non-hydrogen) atoms. The minimum absolute atomic E-state index is 0.0491. The third-order valence-corrected chi connectivity index (χ3v) is 5.22. The molecule has 2 N–H and O–H groups in total. The third kappa shape index (κ3) is 4.30. The molecule has 0 aliphatic heterocycles. The van der Waals surface area contributed by atoms with E-state index < -0.39 is 6.04 Å². The van der Waals surface area contributed by atoms with Crippen LogP contribution in [0.5, 0.6) is 11.5 Å². The Labute approximate surface area is 165 Å². The molecule has 0 saturated heterocycles. The third-order valence-electron chi connectivity index (χ3n) is 4.93. The van der Waals surface area contributed by atoms with Crippen LogP contribution in [0.1, 0.15) is 36.9 Å². The molecule has 0 radical (unpaired) electrons. The zero-order valence-electron chi connectivity index (χ0n) is 15.8. The first-order valence-electron chi connectivity index (χ1n) is 9.09. The number of carbonyl (C=O) groups excluding carboxylic acids is 1. The lowest BCUT2D eigenvalue weighted by molar-refractivity contribution is -0.122. The van der Waals surface area contributed by atoms with Crippen molar-refractivity contribution in [2.75, 3.05) is 19.5 Å². The number of hydrogen-bond donors (Lipinski definition) is 2. The fourth-order valence-electron chi connectivity index (χ4n) is 3.47. The van der Waals surface area contributed by atoms with Crippen LogP contribution in [-0.2, 0) is 11.2 Å². The summed E-state index contributed by atoms with van der Waals surface area (Å²) in [6, 6.07) is 11.3. The van der Waals surface area contributed by atoms with E-state index in [1.807, 2.05) is 19.1 Å². The molecule has 1 aliphatic carbocycles. The van der Waals surface area contributed by atoms with Crippen molar-refractivity contribution in [2.45, 2.75) is 38.3 Å². The van der Waals surface area contributed by atoms with Crippen LogP contribution in [-0.4, -0.2) is 26.2 Å². The summed E-state index contributed by atoms with van der Waals surface area (Å²) >= 11 is 6.21. The molecule has 2 atom stereocenters. The zero-order chi connectivity index (χ0) is 19.4. The van der Waals surface area contributed by atoms with Crippen LogP contribution in [0.15, 0.2) is 36.4 Å². The fraction of sp³-hybridized carbons (Fsp3) is 0.381. The van der Waals surface area contributed by atoms with Crippen LogP contribution in [0.2, 0.25) is 5.02 Å². The fourth-order valence-corrected chi connectivity index (χ4v) is 3.71. The van der Waals surface area contributed by atoms with Crippen molar-refractivity contribution in [3.63, 3.8) is 0 Å². The number of ether oxygens (including phenoxy) is 2. The number of carbonyl (C=O) groups is 1. The van der Waals surface area contributed by atoms with E-state index in [0.717, 1.165) is 19.3 Å². The molecular formula is C21H25ClN2O3. The molecule has 1 aliphatic rings. The second kappa shape index (κ2) is 8.53. The number of hydrogen-bond acceptors (Lipinski definition) is 4. The van der Waals surface area contributed by atoms with Gasteiger partial charge < -0.3 is 20.1 Å². The summed E-state index contributed by atoms with van der Waals surface area (Å²) in [5.41, 5.74) is 3.18. The molecular weight excluding hydrogens is 364 g/mol. The lowest BCUT2D eigenvalue weighted by atomic mass is 9.87. The molecule has 3 rings (SSSR count). The van der Waals surface area contributed by atoms with Crippen LogP contribution in [0, 0.1) is 0 Å². The Morgan fingerprint density at radius 1 is 1.19 bits per heavy atom. The predicted molar refractivity (Wildman–Crippen MR) is 108 cm³/mol. The van der Waals surface area contributed by atoms with Crippen LogP contribution >= 0.6 is 11.6 Å². The van der Waals surface area contributed by atoms with Gasteiger partial charge >= 0.3 is 0 Å². The first-order chi connectivity index (χ1) is 13.0. The molecule has 1 amide bonds. The largest absolute Gasteiger partial charge is 0.495 e. The maximum Gasteiger partial charge on any atom is 0.242 e. The van der Waals surface area contributed by atoms with E-state index in [1.54, 1.807) is 26.4 Å². The van der Waals surface area contributed by atoms with Crippen molar-refractivity contribution < 1.29 is 14.3 Å². The summed E-state index contributed by atoms with van der Waals surface area (Å²) in [5, 5.41) is 6.81. The van der Waals surface area contributed by atoms with Crippen molar-refractivity contribution >= 4 is 23.2 Å². The smallest absolute Gasteiger partial charge is 0.242 e. The molecule has 5 nitrogen and oxygen atoms in total. The van der Waals surface area contributed by atoms with Gasteiger partial charge in [0.25, 0.3) is 0 Å². The number of nitrogens with one attached hydrogen (secondary N) is 2. The first-order valence-corrected chi connectivity index (χ1v) is 9.47. The van der Waals surface area contributed by atoms with Gasteiger partial charge in [-0.1, -0.05) is 35.9 Å². The number of fused-ring (bicyclic) bond motifs is 1. The lowest BCUT2D eigenvalue weighted by Gasteiger charge is -2.28. The lowest BCUT2D eigenvalue weighted by Crippen LogP contribution is -2.40. The van der Waals surface area contributed by atoms with Crippen LogP contribution in [0.3, 0.4) is 0 Å². The van der Waals surface area contributed by atoms with E-state index in [2.05, 4.69) is 22.8 Å². The van der Waals surface area contributed by atoms with Gasteiger partial charge in [0.05, 0.1) is 31.0 Å². The Hall–Kier alpha value is -2.40. The van der Waals surface area contributed by atoms with Crippen molar-refractivity contribution in [1.29, 1.82) is 0 Å². The second-order valence-electron chi connectivity index (χ2n) is 6.71. The van der Waals surface area contributed by atoms with Gasteiger partial charge in [-0.3, -0.25) is 4.79 Å². The summed E-state index contributed by atoms with van der Waals surface area (Å²) in [6.07, 6.45) is 3.09. The summed E-state index contributed by atoms with van der Waals surface area (Å²) in [4.78, 5) is 12.8. The van der Waals surface area contributed by atoms with E-state index in [0.29, 0.717) is 22.2 Å². The van der Waals surface area contributed by atoms with Gasteiger partial charge in [0.2, 0.25) is 5.91 Å². The van der Waals surface area contributed by atoms with E-state index >= 15 is 0 Å². The van der Waals surface area contributed by atoms with Crippen molar-refractivity contribution in [2.24, 2.45) is 0 Å². The van der Waals surface area contributed by atoms with Gasteiger partial charge in [-0.15, -0.1) is 0 Å². The highest BCUT2D eigenvalue weighted by Gasteiger charge is 2.24. The molecule has 0 heterocycles. The maximum atomic E-state index is 12.8. The van der Waals surface area contributed by atoms with Crippen LogP contribution < -0.4 is 20.1 Å². The molecule has 0 unspecified atom stereocenters. The average molecular weight is 389 g/mol. The molecule has 144 valence electrons. The number of rotatable bonds is 6. The summed E-state index contributed by atoms with van der Waals surface area (Å²) in [7, 11) is 3.11. The number of amides is 1. The first kappa shape index (κ1) is 19.4. The quantitative estimate of drug-likeness (QED) is 0.772. The summed E-state index contributed by atoms with van der Waals surface area (Å²) < 4.78 is 10.6. The highest BCUT2D eigenvalue weighted by molar-refractivity contribution is 6.32. The molecule has 0 bridgehead atoms. The SMILES string of the molecule is COc1cc(OC)c(N[C@H](C)C(=O)N[C@H]2CCCc3ccccc32)cc1Cl. The Kier molecular flexibility index (Phi) is 6.11. The summed E-state index contributed by atoms with van der Waals surface area (Å²) in [5.74, 6) is 1.03. The number of aryl methyl sites for hydroxylation is 1. The van der Waals surface area contributed by atoms with Crippen molar-refractivity contribution in [3.05, 3.63) is 52.5 Å². The van der Waals surface area contributed by atoms with Crippen LogP contribution in [0.25, 0.3) is 0 Å². The number of anilines is 1. The van der Waals surface area contributed by atoms with Gasteiger partial charge in [-0.2, -0.15) is 0 Å². The number of halogens is 1. The number of benzene rings is 2. The van der Waals surface area contributed by atoms with Gasteiger partial charge in [0.15, 0.2) is 0 Å². The highest BCUT2D eigenvalue weighted by Crippen LogP contribution is 2.36. The van der Waals surface area contributed by atoms with Crippen molar-refractivity contribution in [3.8, 4) is 11.5 Å². The standard InChI is InChI=1S/C21H25ClN2O3/c1-13(23-18-11-16(22)19(26-2)12-20(18)27-3)21(25)24-17-10-6-8-14-7-4-5-9-15(14)17/h4-5,7,9,11-13,17,23H,6,8,10H2,1-3H3,(H,24,25)/t13-,17+/m1/s1. The minimum atomic E-state index is -0.447. The van der Waals surface area contributed by atoms with E-state index in [-0.39, 0.29) is 11.9 Å². The summed E-state index contributed by atoms with van der Waals surface area (Å²) in [6.45, 7) is 1.82. The van der Waals surface area contributed by atoms with Crippen LogP contribution in [0.4, 0.5) is 5.69 Å². The molecule has 0 spiro atoms. The molecule has 0 fully saturated rings. The predicted octanol–water partition coefficient (Wildman–Crippen LogP) is 4.35. The van der Waals surface area contributed by atoms with E-state index in [1.165, 1.54) is 11.1 Å². The van der Waals surface area contributed by atoms with Gasteiger partial charge in [-0.05, 0) is 43.4 Å². The maximum absolute atomic E-state index is 12.8. The second-order valence-corrected chi connectivity index (χ2v) is 7.11. The van der Waals surface area contributed by atoms with Gasteiger partial charge in [0.1, 0.15) is 17.5 Å². The normalized spacial score (nSPS) is 16.8. The Morgan fingerprint density at radius 2 is 1.93 bits per heavy atom. The van der Waals surface area contributed by atoms with Crippen molar-refractivity contribution in [1.82, 2.24) is 5.32 Å². The Morgan fingerprint density at radius 3 is 2.67 bits per heavy atom. The Bertz CT molecular complexity index is 825. The monoisotopic (exact) mass is 388 g/mol. The molecule has 0 aromatic heterocycles. The zero-order valence-corrected chi connectivity index (χ0v) is 16.6. The molecule has 6 heteroatoms. The average Bonchev–Trinajstić information content (AvgIpc) is 2.68. The van der Waals surface area contributed by atoms with Gasteiger partial charge in [0, 0.05) is 6.07 Å². The molecule has 0 saturated carbocycles. The molecule has 2 aromatic rings. The number of methoxy groups -OCH3 is 2. The highest BCUT2D eigenvalue weighted by atomic mass is 35.5. The van der Waals surface area contributed by atoms with E-state index in [9.17, 15) is 4.79 Å². The van der Waals surface area contributed by atoms with Gasteiger partial charge in [-0.25, -0.2) is 0 Å². The van der Waals surface area contributed by atoms with E-state index in [4.69, 9.17) is 21.1 Å².